The van der Waals surface area contributed by atoms with Gasteiger partial charge in [-0.2, -0.15) is 0 Å². The Labute approximate surface area is 162 Å². The van der Waals surface area contributed by atoms with Crippen molar-refractivity contribution in [3.8, 4) is 0 Å². The lowest BCUT2D eigenvalue weighted by molar-refractivity contribution is -0.200. The molecule has 0 unspecified atom stereocenters. The third-order valence-electron chi connectivity index (χ3n) is 7.14. The van der Waals surface area contributed by atoms with E-state index in [0.717, 1.165) is 5.56 Å². The van der Waals surface area contributed by atoms with E-state index >= 15 is 0 Å². The number of esters is 2. The Morgan fingerprint density at radius 1 is 1.32 bits per heavy atom. The van der Waals surface area contributed by atoms with Crippen LogP contribution in [0.3, 0.4) is 0 Å². The highest BCUT2D eigenvalue weighted by Gasteiger charge is 2.65. The maximum atomic E-state index is 12.9. The molecule has 1 aromatic rings. The van der Waals surface area contributed by atoms with Gasteiger partial charge < -0.3 is 19.0 Å². The number of cyclic esters (lactones) is 1. The summed E-state index contributed by atoms with van der Waals surface area (Å²) >= 11 is 0. The molecular weight excluding hydrogens is 364 g/mol. The molecule has 0 bridgehead atoms. The van der Waals surface area contributed by atoms with E-state index in [2.05, 4.69) is 0 Å². The molecule has 1 aromatic heterocycles. The van der Waals surface area contributed by atoms with Gasteiger partial charge in [-0.15, -0.1) is 0 Å². The first kappa shape index (κ1) is 18.9. The molecular formula is C21H24O7. The van der Waals surface area contributed by atoms with Crippen molar-refractivity contribution in [2.24, 2.45) is 22.7 Å². The van der Waals surface area contributed by atoms with Crippen LogP contribution in [0.15, 0.2) is 34.7 Å². The van der Waals surface area contributed by atoms with Crippen molar-refractivity contribution < 1.29 is 33.4 Å². The van der Waals surface area contributed by atoms with Crippen molar-refractivity contribution in [3.63, 3.8) is 0 Å². The zero-order chi connectivity index (χ0) is 20.3. The molecule has 0 aromatic carbocycles. The highest BCUT2D eigenvalue weighted by atomic mass is 16.5. The predicted octanol–water partition coefficient (Wildman–Crippen LogP) is 2.35. The topological polar surface area (TPSA) is 103 Å². The van der Waals surface area contributed by atoms with Crippen LogP contribution in [0.2, 0.25) is 0 Å². The number of hydrogen-bond acceptors (Lipinski definition) is 7. The molecule has 7 heteroatoms. The summed E-state index contributed by atoms with van der Waals surface area (Å²) in [6.07, 6.45) is 3.87. The first-order valence-electron chi connectivity index (χ1n) is 9.47. The van der Waals surface area contributed by atoms with Crippen molar-refractivity contribution in [2.45, 2.75) is 45.3 Å². The Bertz CT molecular complexity index is 854. The van der Waals surface area contributed by atoms with E-state index in [9.17, 15) is 19.5 Å². The number of methoxy groups -OCH3 is 1. The average molecular weight is 388 g/mol. The van der Waals surface area contributed by atoms with Gasteiger partial charge in [-0.25, -0.2) is 4.79 Å². The summed E-state index contributed by atoms with van der Waals surface area (Å²) in [6.45, 7) is 3.80. The Hall–Kier alpha value is -2.41. The molecule has 2 aliphatic carbocycles. The van der Waals surface area contributed by atoms with E-state index in [0.29, 0.717) is 19.3 Å². The number of hydrogen-bond donors (Lipinski definition) is 1. The van der Waals surface area contributed by atoms with E-state index in [-0.39, 0.29) is 11.5 Å². The van der Waals surface area contributed by atoms with E-state index in [1.54, 1.807) is 6.07 Å². The van der Waals surface area contributed by atoms with E-state index < -0.39 is 46.6 Å². The van der Waals surface area contributed by atoms with Crippen LogP contribution in [-0.2, 0) is 23.9 Å². The number of carbonyl (C=O) groups excluding carboxylic acids is 3. The maximum Gasteiger partial charge on any atom is 0.334 e. The molecule has 1 N–H and O–H groups in total. The predicted molar refractivity (Wildman–Crippen MR) is 95.7 cm³/mol. The van der Waals surface area contributed by atoms with E-state index in [1.807, 2.05) is 13.8 Å². The molecule has 1 saturated carbocycles. The zero-order valence-electron chi connectivity index (χ0n) is 16.1. The third-order valence-corrected chi connectivity index (χ3v) is 7.14. The molecule has 7 nitrogen and oxygen atoms in total. The van der Waals surface area contributed by atoms with Crippen molar-refractivity contribution in [1.29, 1.82) is 0 Å². The molecule has 2 fully saturated rings. The maximum absolute atomic E-state index is 12.9. The number of fused-ring (bicyclic) bond motifs is 3. The van der Waals surface area contributed by atoms with Gasteiger partial charge in [0.2, 0.25) is 0 Å². The highest BCUT2D eigenvalue weighted by Crippen LogP contribution is 2.64. The SMILES string of the molecule is COC(=O)C1=CC(=O)[C@H](O)[C@@H]2[C@@]3(C)C[C@@H](c4ccoc4)OC(=O)[C@@H]3CC[C@@]12C. The van der Waals surface area contributed by atoms with Crippen LogP contribution in [0, 0.1) is 22.7 Å². The van der Waals surface area contributed by atoms with Gasteiger partial charge in [-0.3, -0.25) is 9.59 Å². The smallest absolute Gasteiger partial charge is 0.334 e. The minimum atomic E-state index is -1.29. The minimum absolute atomic E-state index is 0.272. The first-order valence-corrected chi connectivity index (χ1v) is 9.47. The van der Waals surface area contributed by atoms with Gasteiger partial charge in [0.25, 0.3) is 0 Å². The highest BCUT2D eigenvalue weighted by molar-refractivity contribution is 6.04. The van der Waals surface area contributed by atoms with Gasteiger partial charge in [0.15, 0.2) is 5.78 Å². The lowest BCUT2D eigenvalue weighted by atomic mass is 9.45. The molecule has 0 amide bonds. The Kier molecular flexibility index (Phi) is 4.26. The van der Waals surface area contributed by atoms with Gasteiger partial charge >= 0.3 is 11.9 Å². The summed E-state index contributed by atoms with van der Waals surface area (Å²) in [5, 5.41) is 10.9. The van der Waals surface area contributed by atoms with Gasteiger partial charge in [-0.1, -0.05) is 13.8 Å². The van der Waals surface area contributed by atoms with Crippen LogP contribution in [0.1, 0.15) is 44.8 Å². The number of ketones is 1. The molecule has 0 spiro atoms. The number of ether oxygens (including phenoxy) is 2. The largest absolute Gasteiger partial charge is 0.472 e. The number of carbonyl (C=O) groups is 3. The Morgan fingerprint density at radius 3 is 2.71 bits per heavy atom. The summed E-state index contributed by atoms with van der Waals surface area (Å²) in [4.78, 5) is 37.8. The van der Waals surface area contributed by atoms with Crippen LogP contribution in [-0.4, -0.2) is 36.0 Å². The summed E-state index contributed by atoms with van der Waals surface area (Å²) in [6, 6.07) is 1.74. The number of aliphatic hydroxyl groups excluding tert-OH is 1. The zero-order valence-corrected chi connectivity index (χ0v) is 16.1. The molecule has 2 heterocycles. The van der Waals surface area contributed by atoms with Crippen LogP contribution >= 0.6 is 0 Å². The summed E-state index contributed by atoms with van der Waals surface area (Å²) in [5.41, 5.74) is -0.494. The fourth-order valence-electron chi connectivity index (χ4n) is 5.81. The summed E-state index contributed by atoms with van der Waals surface area (Å²) < 4.78 is 15.7. The third kappa shape index (κ3) is 2.49. The fraction of sp³-hybridized carbons (Fsp3) is 0.571. The lowest BCUT2D eigenvalue weighted by Crippen LogP contribution is -2.62. The second-order valence-electron chi connectivity index (χ2n) is 8.58. The normalized spacial score (nSPS) is 40.1. The van der Waals surface area contributed by atoms with Crippen molar-refractivity contribution >= 4 is 17.7 Å². The lowest BCUT2D eigenvalue weighted by Gasteiger charge is -2.60. The summed E-state index contributed by atoms with van der Waals surface area (Å²) in [5.74, 6) is -2.49. The first-order chi connectivity index (χ1) is 13.2. The Balaban J connectivity index is 1.81. The molecule has 6 atom stereocenters. The standard InChI is InChI=1S/C21H24O7/c1-20-6-4-12-19(25)28-15(11-5-7-27-10-11)9-21(12,2)17(20)16(23)14(22)8-13(20)18(24)26-3/h5,7-8,10,12,15-17,23H,4,6,9H2,1-3H3/t12-,15-,16-,17-,20-,21-/m0/s1. The molecule has 0 radical (unpaired) electrons. The van der Waals surface area contributed by atoms with E-state index in [4.69, 9.17) is 13.9 Å². The van der Waals surface area contributed by atoms with Crippen LogP contribution in [0.5, 0.6) is 0 Å². The van der Waals surface area contributed by atoms with Gasteiger partial charge in [0.1, 0.15) is 12.2 Å². The quantitative estimate of drug-likeness (QED) is 0.776. The van der Waals surface area contributed by atoms with Crippen molar-refractivity contribution in [2.75, 3.05) is 7.11 Å². The minimum Gasteiger partial charge on any atom is -0.472 e. The number of aliphatic hydroxyl groups is 1. The van der Waals surface area contributed by atoms with Crippen molar-refractivity contribution in [1.82, 2.24) is 0 Å². The van der Waals surface area contributed by atoms with Gasteiger partial charge in [0, 0.05) is 22.5 Å². The molecule has 28 heavy (non-hydrogen) atoms. The molecule has 1 aliphatic heterocycles. The number of rotatable bonds is 2. The second-order valence-corrected chi connectivity index (χ2v) is 8.58. The van der Waals surface area contributed by atoms with Crippen LogP contribution in [0.4, 0.5) is 0 Å². The van der Waals surface area contributed by atoms with Crippen molar-refractivity contribution in [3.05, 3.63) is 35.8 Å². The fourth-order valence-corrected chi connectivity index (χ4v) is 5.81. The average Bonchev–Trinajstić information content (AvgIpc) is 3.18. The molecule has 4 rings (SSSR count). The monoisotopic (exact) mass is 388 g/mol. The second kappa shape index (κ2) is 6.30. The van der Waals surface area contributed by atoms with Gasteiger partial charge in [-0.05, 0) is 36.8 Å². The molecule has 1 saturated heterocycles. The van der Waals surface area contributed by atoms with Crippen LogP contribution < -0.4 is 0 Å². The summed E-state index contributed by atoms with van der Waals surface area (Å²) in [7, 11) is 1.28. The molecule has 150 valence electrons. The molecule has 3 aliphatic rings. The number of furan rings is 1. The van der Waals surface area contributed by atoms with E-state index in [1.165, 1.54) is 25.7 Å². The van der Waals surface area contributed by atoms with Gasteiger partial charge in [0.05, 0.1) is 25.6 Å². The Morgan fingerprint density at radius 2 is 2.07 bits per heavy atom. The van der Waals surface area contributed by atoms with Crippen LogP contribution in [0.25, 0.3) is 0 Å².